The molecule has 0 bridgehead atoms. The molecular formula is C14H12N2O4. The Kier molecular flexibility index (Phi) is 3.30. The minimum absolute atomic E-state index is 0.196. The third-order valence-corrected chi connectivity index (χ3v) is 2.94. The molecule has 0 unspecified atom stereocenters. The molecule has 6 nitrogen and oxygen atoms in total. The zero-order chi connectivity index (χ0) is 14.9. The maximum absolute atomic E-state index is 11.4. The molecule has 6 heteroatoms. The molecule has 0 amide bonds. The van der Waals surface area contributed by atoms with Crippen molar-refractivity contribution in [2.45, 2.75) is 0 Å². The Morgan fingerprint density at radius 1 is 0.900 bits per heavy atom. The van der Waals surface area contributed by atoms with E-state index in [0.717, 1.165) is 0 Å². The summed E-state index contributed by atoms with van der Waals surface area (Å²) in [6.45, 7) is 0. The first kappa shape index (κ1) is 13.4. The molecule has 0 saturated carbocycles. The van der Waals surface area contributed by atoms with Gasteiger partial charge in [0.2, 0.25) is 0 Å². The lowest BCUT2D eigenvalue weighted by molar-refractivity contribution is 0.0683. The van der Waals surface area contributed by atoms with Crippen LogP contribution in [0.5, 0.6) is 0 Å². The van der Waals surface area contributed by atoms with Gasteiger partial charge in [0.25, 0.3) is 0 Å². The largest absolute Gasteiger partial charge is 0.478 e. The highest BCUT2D eigenvalue weighted by Crippen LogP contribution is 2.34. The first-order valence-electron chi connectivity index (χ1n) is 5.67. The van der Waals surface area contributed by atoms with E-state index in [2.05, 4.69) is 0 Å². The van der Waals surface area contributed by atoms with Crippen molar-refractivity contribution in [3.05, 3.63) is 47.5 Å². The smallest absolute Gasteiger partial charge is 0.338 e. The van der Waals surface area contributed by atoms with Gasteiger partial charge in [-0.2, -0.15) is 0 Å². The second-order valence-electron chi connectivity index (χ2n) is 4.15. The van der Waals surface area contributed by atoms with E-state index in [9.17, 15) is 14.7 Å². The zero-order valence-electron chi connectivity index (χ0n) is 10.3. The lowest BCUT2D eigenvalue weighted by Gasteiger charge is -2.13. The summed E-state index contributed by atoms with van der Waals surface area (Å²) in [7, 11) is 0. The number of carboxylic acid groups (broad SMARTS) is 2. The summed E-state index contributed by atoms with van der Waals surface area (Å²) < 4.78 is 0. The van der Waals surface area contributed by atoms with Gasteiger partial charge in [0.05, 0.1) is 22.5 Å². The molecule has 0 spiro atoms. The van der Waals surface area contributed by atoms with E-state index in [1.807, 2.05) is 0 Å². The Bertz CT molecular complexity index is 696. The van der Waals surface area contributed by atoms with Crippen LogP contribution < -0.4 is 11.5 Å². The molecule has 0 aliphatic heterocycles. The summed E-state index contributed by atoms with van der Waals surface area (Å²) >= 11 is 0. The van der Waals surface area contributed by atoms with E-state index in [-0.39, 0.29) is 28.1 Å². The van der Waals surface area contributed by atoms with Crippen LogP contribution in [-0.2, 0) is 0 Å². The molecule has 20 heavy (non-hydrogen) atoms. The topological polar surface area (TPSA) is 127 Å². The molecule has 0 aliphatic carbocycles. The van der Waals surface area contributed by atoms with Gasteiger partial charge in [-0.15, -0.1) is 0 Å². The SMILES string of the molecule is Nc1c(C(=O)O)cc(-c2ccccc2)c(C(=O)O)c1N. The standard InChI is InChI=1S/C14H12N2O4/c15-11-9(13(17)18)6-8(7-4-2-1-3-5-7)10(12(11)16)14(19)20/h1-6H,15-16H2,(H,17,18)(H,19,20). The summed E-state index contributed by atoms with van der Waals surface area (Å²) in [5, 5.41) is 18.4. The minimum atomic E-state index is -1.26. The molecule has 2 aromatic carbocycles. The third-order valence-electron chi connectivity index (χ3n) is 2.94. The molecule has 2 rings (SSSR count). The lowest BCUT2D eigenvalue weighted by atomic mass is 9.94. The number of carboxylic acids is 2. The number of benzene rings is 2. The molecule has 0 fully saturated rings. The Morgan fingerprint density at radius 2 is 1.50 bits per heavy atom. The number of nitrogens with two attached hydrogens (primary N) is 2. The lowest BCUT2D eigenvalue weighted by Crippen LogP contribution is -2.12. The Balaban J connectivity index is 2.84. The number of nitrogen functional groups attached to an aromatic ring is 2. The predicted molar refractivity (Wildman–Crippen MR) is 74.6 cm³/mol. The predicted octanol–water partition coefficient (Wildman–Crippen LogP) is 1.91. The van der Waals surface area contributed by atoms with Crippen LogP contribution in [0.1, 0.15) is 20.7 Å². The highest BCUT2D eigenvalue weighted by molar-refractivity contribution is 6.09. The average molecular weight is 272 g/mol. The zero-order valence-corrected chi connectivity index (χ0v) is 10.3. The van der Waals surface area contributed by atoms with Gasteiger partial charge in [0.1, 0.15) is 0 Å². The summed E-state index contributed by atoms with van der Waals surface area (Å²) in [4.78, 5) is 22.5. The van der Waals surface area contributed by atoms with Gasteiger partial charge in [-0.3, -0.25) is 0 Å². The summed E-state index contributed by atoms with van der Waals surface area (Å²) in [6, 6.07) is 9.77. The molecule has 0 heterocycles. The Labute approximate surface area is 114 Å². The highest BCUT2D eigenvalue weighted by Gasteiger charge is 2.22. The van der Waals surface area contributed by atoms with E-state index in [1.165, 1.54) is 6.07 Å². The van der Waals surface area contributed by atoms with E-state index < -0.39 is 11.9 Å². The average Bonchev–Trinajstić information content (AvgIpc) is 2.41. The quantitative estimate of drug-likeness (QED) is 0.632. The maximum Gasteiger partial charge on any atom is 0.338 e. The second kappa shape index (κ2) is 4.93. The van der Waals surface area contributed by atoms with E-state index in [4.69, 9.17) is 16.6 Å². The van der Waals surface area contributed by atoms with Crippen LogP contribution in [0.15, 0.2) is 36.4 Å². The van der Waals surface area contributed by atoms with Crippen molar-refractivity contribution in [1.82, 2.24) is 0 Å². The number of carbonyl (C=O) groups is 2. The fourth-order valence-corrected chi connectivity index (χ4v) is 1.97. The van der Waals surface area contributed by atoms with Crippen molar-refractivity contribution >= 4 is 23.3 Å². The minimum Gasteiger partial charge on any atom is -0.478 e. The van der Waals surface area contributed by atoms with Gasteiger partial charge in [-0.25, -0.2) is 9.59 Å². The molecule has 0 aliphatic rings. The van der Waals surface area contributed by atoms with E-state index in [1.54, 1.807) is 30.3 Å². The maximum atomic E-state index is 11.4. The number of hydrogen-bond donors (Lipinski definition) is 4. The highest BCUT2D eigenvalue weighted by atomic mass is 16.4. The van der Waals surface area contributed by atoms with Gasteiger partial charge >= 0.3 is 11.9 Å². The Hall–Kier alpha value is -3.02. The van der Waals surface area contributed by atoms with Gasteiger partial charge in [-0.05, 0) is 17.2 Å². The van der Waals surface area contributed by atoms with Gasteiger partial charge in [-0.1, -0.05) is 30.3 Å². The molecule has 0 aromatic heterocycles. The van der Waals surface area contributed by atoms with Crippen molar-refractivity contribution in [3.8, 4) is 11.1 Å². The van der Waals surface area contributed by atoms with Crippen molar-refractivity contribution in [3.63, 3.8) is 0 Å². The fraction of sp³-hybridized carbons (Fsp3) is 0. The van der Waals surface area contributed by atoms with E-state index >= 15 is 0 Å². The van der Waals surface area contributed by atoms with Crippen LogP contribution in [-0.4, -0.2) is 22.2 Å². The Morgan fingerprint density at radius 3 is 2.00 bits per heavy atom. The van der Waals surface area contributed by atoms with Crippen LogP contribution in [0, 0.1) is 0 Å². The third kappa shape index (κ3) is 2.14. The normalized spacial score (nSPS) is 10.2. The molecule has 0 radical (unpaired) electrons. The van der Waals surface area contributed by atoms with Crippen LogP contribution in [0.2, 0.25) is 0 Å². The summed E-state index contributed by atoms with van der Waals surface area (Å²) in [5.74, 6) is -2.52. The monoisotopic (exact) mass is 272 g/mol. The van der Waals surface area contributed by atoms with Crippen LogP contribution >= 0.6 is 0 Å². The molecular weight excluding hydrogens is 260 g/mol. The van der Waals surface area contributed by atoms with Crippen LogP contribution in [0.3, 0.4) is 0 Å². The van der Waals surface area contributed by atoms with Crippen molar-refractivity contribution in [2.75, 3.05) is 11.5 Å². The molecule has 102 valence electrons. The van der Waals surface area contributed by atoms with Crippen molar-refractivity contribution < 1.29 is 19.8 Å². The van der Waals surface area contributed by atoms with E-state index in [0.29, 0.717) is 5.56 Å². The number of anilines is 2. The van der Waals surface area contributed by atoms with Crippen LogP contribution in [0.4, 0.5) is 11.4 Å². The van der Waals surface area contributed by atoms with Gasteiger partial charge < -0.3 is 21.7 Å². The van der Waals surface area contributed by atoms with Crippen LogP contribution in [0.25, 0.3) is 11.1 Å². The molecule has 0 atom stereocenters. The van der Waals surface area contributed by atoms with Gasteiger partial charge in [0, 0.05) is 0 Å². The van der Waals surface area contributed by atoms with Crippen molar-refractivity contribution in [2.24, 2.45) is 0 Å². The number of rotatable bonds is 3. The molecule has 0 saturated heterocycles. The fourth-order valence-electron chi connectivity index (χ4n) is 1.97. The van der Waals surface area contributed by atoms with Crippen molar-refractivity contribution in [1.29, 1.82) is 0 Å². The number of hydrogen-bond acceptors (Lipinski definition) is 4. The molecule has 6 N–H and O–H groups in total. The first-order valence-corrected chi connectivity index (χ1v) is 5.67. The summed E-state index contributed by atoms with van der Waals surface area (Å²) in [6.07, 6.45) is 0. The first-order chi connectivity index (χ1) is 9.43. The van der Waals surface area contributed by atoms with Gasteiger partial charge in [0.15, 0.2) is 0 Å². The molecule has 2 aromatic rings. The number of aromatic carboxylic acids is 2. The second-order valence-corrected chi connectivity index (χ2v) is 4.15. The summed E-state index contributed by atoms with van der Waals surface area (Å²) in [5.41, 5.74) is 11.2.